The lowest BCUT2D eigenvalue weighted by molar-refractivity contribution is 1.32. The Hall–Kier alpha value is -3.81. The summed E-state index contributed by atoms with van der Waals surface area (Å²) in [6, 6.07) is 49.7. The Morgan fingerprint density at radius 3 is 1.15 bits per heavy atom. The van der Waals surface area contributed by atoms with Gasteiger partial charge in [-0.05, 0) is 95.1 Å². The molecule has 212 valence electrons. The second-order valence-corrected chi connectivity index (χ2v) is 10.7. The van der Waals surface area contributed by atoms with Gasteiger partial charge in [0.2, 0.25) is 0 Å². The molecule has 0 aliphatic rings. The first-order valence-corrected chi connectivity index (χ1v) is 16.2. The molecular weight excluding hydrogens is 513 g/mol. The molecule has 0 heterocycles. The van der Waals surface area contributed by atoms with Crippen LogP contribution in [0.4, 0.5) is 0 Å². The van der Waals surface area contributed by atoms with Crippen molar-refractivity contribution in [3.8, 4) is 0 Å². The molecule has 0 spiro atoms. The molecule has 0 aliphatic carbocycles. The first-order chi connectivity index (χ1) is 20.2. The number of fused-ring (bicyclic) bond motifs is 2. The minimum Gasteiger partial charge on any atom is -0.0683 e. The number of aryl methyl sites for hydroxylation is 2. The van der Waals surface area contributed by atoms with Gasteiger partial charge >= 0.3 is 0 Å². The lowest BCUT2D eigenvalue weighted by Gasteiger charge is -2.07. The van der Waals surface area contributed by atoms with Crippen LogP contribution in [0.2, 0.25) is 0 Å². The molecule has 0 N–H and O–H groups in total. The van der Waals surface area contributed by atoms with Crippen LogP contribution in [0.3, 0.4) is 0 Å². The average molecular weight is 560 g/mol. The Labute approximate surface area is 252 Å². The van der Waals surface area contributed by atoms with E-state index in [9.17, 15) is 0 Å². The summed E-state index contributed by atoms with van der Waals surface area (Å²) >= 11 is 0. The van der Waals surface area contributed by atoms with Gasteiger partial charge in [-0.25, -0.2) is 0 Å². The van der Waals surface area contributed by atoms with Gasteiger partial charge in [0.05, 0.1) is 10.9 Å². The molecule has 0 saturated heterocycles. The minimum absolute atomic E-state index is 0.0146. The van der Waals surface area contributed by atoms with Crippen molar-refractivity contribution in [3.05, 3.63) is 151 Å². The molecule has 0 nitrogen and oxygen atoms in total. The fraction of sp³-hybridized carbons (Fsp3) is 0.200. The summed E-state index contributed by atoms with van der Waals surface area (Å²) in [4.78, 5) is 4.08. The normalized spacial score (nSPS) is 9.68. The molecule has 0 saturated carbocycles. The highest BCUT2D eigenvalue weighted by Gasteiger charge is 2.27. The van der Waals surface area contributed by atoms with E-state index in [1.54, 1.807) is 0 Å². The molecule has 0 aliphatic heterocycles. The maximum Gasteiger partial charge on any atom is 0.166 e. The number of benzene rings is 6. The average Bonchev–Trinajstić information content (AvgIpc) is 3.07. The third kappa shape index (κ3) is 9.10. The van der Waals surface area contributed by atoms with Crippen molar-refractivity contribution < 1.29 is 0 Å². The van der Waals surface area contributed by atoms with Gasteiger partial charge in [0.1, 0.15) is 0 Å². The Kier molecular flexibility index (Phi) is 15.1. The van der Waals surface area contributed by atoms with Crippen LogP contribution in [-0.2, 0) is 10.9 Å². The molecule has 0 amide bonds. The second-order valence-electron chi connectivity index (χ2n) is 8.67. The van der Waals surface area contributed by atoms with Gasteiger partial charge in [-0.1, -0.05) is 133 Å². The van der Waals surface area contributed by atoms with Crippen molar-refractivity contribution in [2.75, 3.05) is 0 Å². The molecule has 0 unspecified atom stereocenters. The Bertz CT molecular complexity index is 1440. The number of rotatable bonds is 3. The largest absolute Gasteiger partial charge is 0.166 e. The van der Waals surface area contributed by atoms with Crippen molar-refractivity contribution in [2.45, 2.75) is 70.1 Å². The molecule has 0 radical (unpaired) electrons. The SMILES string of the molecule is CC.CC.CC.Cc1ccc2cc3ccccc3cc2c1C.c1ccc([S+](c2ccccc2)c2ccccc2)cc1. The molecule has 1 heteroatoms. The molecule has 41 heavy (non-hydrogen) atoms. The molecular formula is C40H47S+. The maximum absolute atomic E-state index is 2.30. The van der Waals surface area contributed by atoms with Crippen molar-refractivity contribution >= 4 is 32.4 Å². The van der Waals surface area contributed by atoms with Crippen molar-refractivity contribution in [2.24, 2.45) is 0 Å². The van der Waals surface area contributed by atoms with Gasteiger partial charge < -0.3 is 0 Å². The molecule has 0 atom stereocenters. The molecule has 6 rings (SSSR count). The van der Waals surface area contributed by atoms with Crippen LogP contribution >= 0.6 is 0 Å². The van der Waals surface area contributed by atoms with Crippen LogP contribution in [0.25, 0.3) is 21.5 Å². The van der Waals surface area contributed by atoms with E-state index in [4.69, 9.17) is 0 Å². The van der Waals surface area contributed by atoms with Crippen molar-refractivity contribution in [1.82, 2.24) is 0 Å². The highest BCUT2D eigenvalue weighted by molar-refractivity contribution is 7.97. The fourth-order valence-electron chi connectivity index (χ4n) is 4.35. The van der Waals surface area contributed by atoms with Gasteiger partial charge in [-0.3, -0.25) is 0 Å². The summed E-state index contributed by atoms with van der Waals surface area (Å²) in [5, 5.41) is 5.35. The zero-order valence-corrected chi connectivity index (χ0v) is 27.0. The summed E-state index contributed by atoms with van der Waals surface area (Å²) in [6.45, 7) is 16.4. The zero-order chi connectivity index (χ0) is 30.0. The van der Waals surface area contributed by atoms with Crippen LogP contribution < -0.4 is 0 Å². The van der Waals surface area contributed by atoms with Gasteiger partial charge in [0.15, 0.2) is 14.7 Å². The quantitative estimate of drug-likeness (QED) is 0.149. The van der Waals surface area contributed by atoms with Gasteiger partial charge in [-0.15, -0.1) is 0 Å². The number of hydrogen-bond acceptors (Lipinski definition) is 0. The van der Waals surface area contributed by atoms with E-state index in [-0.39, 0.29) is 10.9 Å². The summed E-state index contributed by atoms with van der Waals surface area (Å²) in [6.07, 6.45) is 0. The van der Waals surface area contributed by atoms with Crippen LogP contribution in [0, 0.1) is 13.8 Å². The zero-order valence-electron chi connectivity index (χ0n) is 26.2. The summed E-state index contributed by atoms with van der Waals surface area (Å²) in [5.41, 5.74) is 2.76. The highest BCUT2D eigenvalue weighted by atomic mass is 32.2. The Morgan fingerprint density at radius 1 is 0.366 bits per heavy atom. The fourth-order valence-corrected chi connectivity index (χ4v) is 6.46. The maximum atomic E-state index is 2.30. The van der Waals surface area contributed by atoms with Crippen molar-refractivity contribution in [1.29, 1.82) is 0 Å². The van der Waals surface area contributed by atoms with E-state index < -0.39 is 0 Å². The summed E-state index contributed by atoms with van der Waals surface area (Å²) < 4.78 is 0. The number of hydrogen-bond donors (Lipinski definition) is 0. The van der Waals surface area contributed by atoms with Gasteiger partial charge in [0.25, 0.3) is 0 Å². The summed E-state index contributed by atoms with van der Waals surface area (Å²) in [7, 11) is -0.0146. The second kappa shape index (κ2) is 18.5. The van der Waals surface area contributed by atoms with E-state index in [1.807, 2.05) is 41.5 Å². The highest BCUT2D eigenvalue weighted by Crippen LogP contribution is 2.30. The van der Waals surface area contributed by atoms with Gasteiger partial charge in [0, 0.05) is 0 Å². The van der Waals surface area contributed by atoms with E-state index in [2.05, 4.69) is 153 Å². The van der Waals surface area contributed by atoms with Crippen LogP contribution in [-0.4, -0.2) is 0 Å². The molecule has 6 aromatic rings. The first-order valence-electron chi connectivity index (χ1n) is 15.0. The topological polar surface area (TPSA) is 0 Å². The van der Waals surface area contributed by atoms with E-state index >= 15 is 0 Å². The van der Waals surface area contributed by atoms with E-state index in [0.717, 1.165) is 0 Å². The third-order valence-corrected chi connectivity index (χ3v) is 8.59. The lowest BCUT2D eigenvalue weighted by Crippen LogP contribution is -2.04. The predicted molar refractivity (Wildman–Crippen MR) is 186 cm³/mol. The standard InChI is InChI=1S/C18H15S.C16H14.3C2H6/c1-4-10-16(11-5-1)19(17-12-6-2-7-13-17)18-14-8-3-9-15-18;1-11-7-8-15-9-13-5-3-4-6-14(13)10-16(15)12(11)2;3*1-2/h1-15H;3-10H,1-2H3;3*1-2H3/q+1;;;;. The monoisotopic (exact) mass is 559 g/mol. The van der Waals surface area contributed by atoms with E-state index in [1.165, 1.54) is 47.4 Å². The lowest BCUT2D eigenvalue weighted by atomic mass is 9.97. The van der Waals surface area contributed by atoms with Crippen molar-refractivity contribution in [3.63, 3.8) is 0 Å². The Balaban J connectivity index is 0.000000245. The van der Waals surface area contributed by atoms with E-state index in [0.29, 0.717) is 0 Å². The molecule has 6 aromatic carbocycles. The third-order valence-electron chi connectivity index (χ3n) is 6.36. The van der Waals surface area contributed by atoms with Crippen LogP contribution in [0.1, 0.15) is 52.7 Å². The smallest absolute Gasteiger partial charge is 0.0683 e. The van der Waals surface area contributed by atoms with Gasteiger partial charge in [-0.2, -0.15) is 0 Å². The molecule has 0 bridgehead atoms. The van der Waals surface area contributed by atoms with Crippen LogP contribution in [0.15, 0.2) is 154 Å². The predicted octanol–water partition coefficient (Wildman–Crippen LogP) is 12.5. The first kappa shape index (κ1) is 33.4. The van der Waals surface area contributed by atoms with Crippen LogP contribution in [0.5, 0.6) is 0 Å². The summed E-state index contributed by atoms with van der Waals surface area (Å²) in [5.74, 6) is 0. The Morgan fingerprint density at radius 2 is 0.732 bits per heavy atom. The molecule has 0 fully saturated rings. The minimum atomic E-state index is -0.0146. The molecule has 0 aromatic heterocycles.